The lowest BCUT2D eigenvalue weighted by Gasteiger charge is -2.18. The van der Waals surface area contributed by atoms with Crippen molar-refractivity contribution in [3.8, 4) is 34.5 Å². The van der Waals surface area contributed by atoms with Crippen molar-refractivity contribution in [1.29, 1.82) is 0 Å². The maximum absolute atomic E-state index is 13.0. The molecule has 4 aromatic rings. The van der Waals surface area contributed by atoms with Gasteiger partial charge < -0.3 is 19.3 Å². The van der Waals surface area contributed by atoms with Crippen LogP contribution in [0.15, 0.2) is 79.4 Å². The van der Waals surface area contributed by atoms with Gasteiger partial charge in [0, 0.05) is 43.7 Å². The number of ether oxygens (including phenoxy) is 3. The number of nitrogens with one attached hydrogen (secondary N) is 2. The fourth-order valence-electron chi connectivity index (χ4n) is 5.28. The monoisotopic (exact) mass is 1280 g/mol. The van der Waals surface area contributed by atoms with Gasteiger partial charge in [-0.05, 0) is 86.7 Å². The van der Waals surface area contributed by atoms with Crippen LogP contribution in [-0.2, 0) is 20.0 Å². The summed E-state index contributed by atoms with van der Waals surface area (Å²) in [6, 6.07) is 15.0. The third-order valence-corrected chi connectivity index (χ3v) is 15.2. The van der Waals surface area contributed by atoms with Crippen molar-refractivity contribution < 1.29 is 36.2 Å². The number of hydrogen-bond donors (Lipinski definition) is 3. The fraction of sp³-hybridized carbons (Fsp3) is 0.314. The molecule has 4 aromatic carbocycles. The van der Waals surface area contributed by atoms with Gasteiger partial charge in [0.05, 0.1) is 27.2 Å². The molecule has 0 saturated heterocycles. The molecule has 0 bridgehead atoms. The zero-order valence-corrected chi connectivity index (χ0v) is 45.2. The van der Waals surface area contributed by atoms with Crippen molar-refractivity contribution in [1.82, 2.24) is 9.44 Å². The first-order valence-corrected chi connectivity index (χ1v) is 28.3. The molecule has 2 aliphatic rings. The second-order valence-electron chi connectivity index (χ2n) is 12.9. The molecule has 6 rings (SSSR count). The van der Waals surface area contributed by atoms with E-state index in [1.165, 1.54) is 31.4 Å². The van der Waals surface area contributed by atoms with Gasteiger partial charge in [0.1, 0.15) is 32.8 Å². The highest BCUT2D eigenvalue weighted by molar-refractivity contribution is 9.69. The molecule has 322 valence electrons. The summed E-state index contributed by atoms with van der Waals surface area (Å²) < 4.78 is 75.5. The standard InChI is InChI=1S/C18H18BrCl2NO4S2.C17H16BrCl2NO4S2.BBr3/c1-25-15-4-3-12(26-17-13(20)7-11(19)8-14(17)21)9-16(15)28(23,24)22-18(5-6-18)10-27-2;1-26-9-17(4-5-17)21-27(23,24)15-8-11(2-3-14(15)22)25-16-12(19)6-10(18)7-13(16)20;2-1(3)4/h3-4,7-9,22H,5-6,10H2,1-2H3;2-3,6-8,21-22H,4-5,9H2,1H3;. The Morgan fingerprint density at radius 2 is 1.03 bits per heavy atom. The Kier molecular flexibility index (Phi) is 19.7. The highest BCUT2D eigenvalue weighted by Gasteiger charge is 2.47. The van der Waals surface area contributed by atoms with E-state index in [2.05, 4.69) is 88.6 Å². The summed E-state index contributed by atoms with van der Waals surface area (Å²) in [5, 5.41) is 11.2. The van der Waals surface area contributed by atoms with Crippen LogP contribution in [0.5, 0.6) is 34.5 Å². The van der Waals surface area contributed by atoms with Crippen LogP contribution in [0.4, 0.5) is 0 Å². The largest absolute Gasteiger partial charge is 0.507 e. The van der Waals surface area contributed by atoms with Crippen LogP contribution in [0, 0.1) is 0 Å². The number of hydrogen-bond acceptors (Lipinski definition) is 10. The van der Waals surface area contributed by atoms with Crippen molar-refractivity contribution in [2.75, 3.05) is 31.1 Å². The van der Waals surface area contributed by atoms with Crippen LogP contribution in [0.25, 0.3) is 0 Å². The number of thioether (sulfide) groups is 2. The van der Waals surface area contributed by atoms with Gasteiger partial charge in [-0.2, -0.15) is 23.5 Å². The topological polar surface area (TPSA) is 140 Å². The summed E-state index contributed by atoms with van der Waals surface area (Å²) in [4.78, 5) is -0.249. The van der Waals surface area contributed by atoms with Gasteiger partial charge in [-0.1, -0.05) is 78.3 Å². The summed E-state index contributed by atoms with van der Waals surface area (Å²) in [5.41, 5.74) is -0.835. The van der Waals surface area contributed by atoms with Crippen molar-refractivity contribution >= 4 is 172 Å². The third kappa shape index (κ3) is 15.1. The number of halogens is 9. The Morgan fingerprint density at radius 1 is 0.678 bits per heavy atom. The molecule has 24 heteroatoms. The molecule has 0 spiro atoms. The van der Waals surface area contributed by atoms with E-state index >= 15 is 0 Å². The number of sulfonamides is 2. The van der Waals surface area contributed by atoms with E-state index in [4.69, 9.17) is 60.6 Å². The number of aromatic hydroxyl groups is 1. The van der Waals surface area contributed by atoms with E-state index in [1.54, 1.807) is 59.9 Å². The Morgan fingerprint density at radius 3 is 1.39 bits per heavy atom. The third-order valence-electron chi connectivity index (χ3n) is 8.26. The summed E-state index contributed by atoms with van der Waals surface area (Å²) in [5.74, 6) is 2.17. The molecule has 0 aliphatic heterocycles. The molecule has 2 aliphatic carbocycles. The van der Waals surface area contributed by atoms with Crippen LogP contribution in [-0.4, -0.2) is 67.3 Å². The zero-order chi connectivity index (χ0) is 43.9. The molecular formula is C35H34BBr5Cl4N2O8S4. The Balaban J connectivity index is 0.000000239. The van der Waals surface area contributed by atoms with Crippen molar-refractivity contribution in [3.05, 3.63) is 89.7 Å². The molecule has 59 heavy (non-hydrogen) atoms. The van der Waals surface area contributed by atoms with Crippen LogP contribution < -0.4 is 23.7 Å². The van der Waals surface area contributed by atoms with Crippen molar-refractivity contribution in [3.63, 3.8) is 0 Å². The lowest BCUT2D eigenvalue weighted by Crippen LogP contribution is -2.38. The molecule has 0 unspecified atom stereocenters. The van der Waals surface area contributed by atoms with Gasteiger partial charge >= 0.3 is 3.18 Å². The summed E-state index contributed by atoms with van der Waals surface area (Å²) >= 11 is 43.8. The highest BCUT2D eigenvalue weighted by atomic mass is 79.9. The van der Waals surface area contributed by atoms with E-state index in [-0.39, 0.29) is 57.5 Å². The SMILES string of the molecule is BrB(Br)Br.COc1ccc(Oc2c(Cl)cc(Br)cc2Cl)cc1S(=O)(=O)NC1(CSC)CC1.CSCC1(NS(=O)(=O)c2cc(Oc3c(Cl)cc(Br)cc3Cl)ccc2O)CC1. The van der Waals surface area contributed by atoms with Gasteiger partial charge in [0.15, 0.2) is 11.5 Å². The minimum absolute atomic E-state index is 0.00392. The number of phenols is 1. The predicted molar refractivity (Wildman–Crippen MR) is 263 cm³/mol. The first-order chi connectivity index (χ1) is 27.6. The van der Waals surface area contributed by atoms with Gasteiger partial charge in [-0.3, -0.25) is 0 Å². The maximum atomic E-state index is 13.0. The van der Waals surface area contributed by atoms with E-state index < -0.39 is 31.1 Å². The van der Waals surface area contributed by atoms with Crippen molar-refractivity contribution in [2.24, 2.45) is 0 Å². The van der Waals surface area contributed by atoms with E-state index in [0.29, 0.717) is 24.7 Å². The fourth-order valence-corrected chi connectivity index (χ4v) is 13.1. The first kappa shape index (κ1) is 51.9. The number of methoxy groups -OCH3 is 1. The molecule has 10 nitrogen and oxygen atoms in total. The second-order valence-corrected chi connectivity index (χ2v) is 27.9. The van der Waals surface area contributed by atoms with Gasteiger partial charge in [0.2, 0.25) is 20.0 Å². The molecular weight excluding hydrogens is 1260 g/mol. The second kappa shape index (κ2) is 22.4. The highest BCUT2D eigenvalue weighted by Crippen LogP contribution is 2.44. The zero-order valence-electron chi connectivity index (χ0n) is 30.9. The lowest BCUT2D eigenvalue weighted by atomic mass is 10.3. The molecule has 0 heterocycles. The molecule has 0 radical (unpaired) electrons. The Labute approximate surface area is 415 Å². The van der Waals surface area contributed by atoms with Gasteiger partial charge in [-0.25, -0.2) is 26.3 Å². The Bertz CT molecular complexity index is 2320. The van der Waals surface area contributed by atoms with Crippen molar-refractivity contribution in [2.45, 2.75) is 46.6 Å². The van der Waals surface area contributed by atoms with Gasteiger partial charge in [0.25, 0.3) is 0 Å². The van der Waals surface area contributed by atoms with Crippen LogP contribution >= 0.6 is 149 Å². The average Bonchev–Trinajstić information content (AvgIpc) is 4.06. The summed E-state index contributed by atoms with van der Waals surface area (Å²) in [6.07, 6.45) is 7.05. The molecule has 0 atom stereocenters. The molecule has 0 aromatic heterocycles. The van der Waals surface area contributed by atoms with Crippen LogP contribution in [0.3, 0.4) is 0 Å². The lowest BCUT2D eigenvalue weighted by molar-refractivity contribution is 0.399. The molecule has 2 saturated carbocycles. The summed E-state index contributed by atoms with van der Waals surface area (Å²) in [7, 11) is -6.30. The number of benzene rings is 4. The number of rotatable bonds is 15. The van der Waals surface area contributed by atoms with Gasteiger partial charge in [-0.15, -0.1) is 47.3 Å². The minimum Gasteiger partial charge on any atom is -0.507 e. The van der Waals surface area contributed by atoms with E-state index in [0.717, 1.165) is 31.4 Å². The average molecular weight is 1290 g/mol. The molecule has 2 fully saturated rings. The van der Waals surface area contributed by atoms with Crippen LogP contribution in [0.1, 0.15) is 25.7 Å². The predicted octanol–water partition coefficient (Wildman–Crippen LogP) is 13.3. The maximum Gasteiger partial charge on any atom is 0.369 e. The van der Waals surface area contributed by atoms with Crippen LogP contribution in [0.2, 0.25) is 20.1 Å². The molecule has 3 N–H and O–H groups in total. The normalized spacial score (nSPS) is 14.8. The molecule has 0 amide bonds. The number of phenolic OH excluding ortho intramolecular Hbond substituents is 1. The van der Waals surface area contributed by atoms with E-state index in [1.807, 2.05) is 12.5 Å². The minimum atomic E-state index is -3.92. The van der Waals surface area contributed by atoms with E-state index in [9.17, 15) is 21.9 Å². The first-order valence-electron chi connectivity index (χ1n) is 16.7. The quantitative estimate of drug-likeness (QED) is 0.0986. The summed E-state index contributed by atoms with van der Waals surface area (Å²) in [6.45, 7) is 0. The Hall–Kier alpha value is 0.225. The smallest absolute Gasteiger partial charge is 0.369 e.